The summed E-state index contributed by atoms with van der Waals surface area (Å²) in [7, 11) is 0. The highest BCUT2D eigenvalue weighted by Gasteiger charge is 2.08. The number of anilines is 3. The lowest BCUT2D eigenvalue weighted by molar-refractivity contribution is 0.262. The second-order valence-corrected chi connectivity index (χ2v) is 6.13. The van der Waals surface area contributed by atoms with Gasteiger partial charge in [-0.2, -0.15) is 0 Å². The molecule has 2 amide bonds. The molecule has 0 aliphatic carbocycles. The maximum atomic E-state index is 12.3. The van der Waals surface area contributed by atoms with Gasteiger partial charge in [0.05, 0.1) is 0 Å². The van der Waals surface area contributed by atoms with Crippen molar-refractivity contribution in [3.63, 3.8) is 0 Å². The van der Waals surface area contributed by atoms with Crippen molar-refractivity contribution in [1.29, 1.82) is 0 Å². The van der Waals surface area contributed by atoms with Gasteiger partial charge in [-0.3, -0.25) is 0 Å². The number of hydrogen-bond acceptors (Lipinski definition) is 2. The molecule has 0 saturated heterocycles. The number of aryl methyl sites for hydroxylation is 3. The highest BCUT2D eigenvalue weighted by atomic mass is 16.2. The van der Waals surface area contributed by atoms with E-state index < -0.39 is 0 Å². The second-order valence-electron chi connectivity index (χ2n) is 6.13. The van der Waals surface area contributed by atoms with Crippen LogP contribution >= 0.6 is 0 Å². The van der Waals surface area contributed by atoms with E-state index in [4.69, 9.17) is 0 Å². The van der Waals surface area contributed by atoms with E-state index in [1.807, 2.05) is 45.0 Å². The van der Waals surface area contributed by atoms with Crippen LogP contribution in [-0.2, 0) is 0 Å². The highest BCUT2D eigenvalue weighted by Crippen LogP contribution is 2.23. The Morgan fingerprint density at radius 2 is 1.54 bits per heavy atom. The van der Waals surface area contributed by atoms with Crippen molar-refractivity contribution in [2.24, 2.45) is 0 Å². The van der Waals surface area contributed by atoms with Gasteiger partial charge in [0.1, 0.15) is 0 Å². The molecule has 0 fully saturated rings. The SMILES string of the molecule is CCN(CC)c1ccc(NC(=O)Nc2cc(C)cc(C)c2)c(C)c1. The van der Waals surface area contributed by atoms with E-state index in [9.17, 15) is 4.79 Å². The van der Waals surface area contributed by atoms with Gasteiger partial charge in [-0.1, -0.05) is 6.07 Å². The molecule has 0 spiro atoms. The molecule has 4 nitrogen and oxygen atoms in total. The molecule has 2 rings (SSSR count). The molecule has 0 heterocycles. The zero-order valence-corrected chi connectivity index (χ0v) is 15.2. The standard InChI is InChI=1S/C20H27N3O/c1-6-23(7-2)18-8-9-19(16(5)13-18)22-20(24)21-17-11-14(3)10-15(4)12-17/h8-13H,6-7H2,1-5H3,(H2,21,22,24). The van der Waals surface area contributed by atoms with E-state index in [2.05, 4.69) is 41.5 Å². The molecule has 0 saturated carbocycles. The Morgan fingerprint density at radius 1 is 0.917 bits per heavy atom. The Balaban J connectivity index is 2.08. The Labute approximate surface area is 144 Å². The second kappa shape index (κ2) is 7.86. The minimum Gasteiger partial charge on any atom is -0.372 e. The third-order valence-corrected chi connectivity index (χ3v) is 4.07. The monoisotopic (exact) mass is 325 g/mol. The van der Waals surface area contributed by atoms with Gasteiger partial charge in [-0.25, -0.2) is 4.79 Å². The molecule has 0 atom stereocenters. The van der Waals surface area contributed by atoms with Crippen LogP contribution in [0.25, 0.3) is 0 Å². The van der Waals surface area contributed by atoms with Gasteiger partial charge in [0.15, 0.2) is 0 Å². The molecular formula is C20H27N3O. The van der Waals surface area contributed by atoms with E-state index in [0.29, 0.717) is 0 Å². The summed E-state index contributed by atoms with van der Waals surface area (Å²) in [5, 5.41) is 5.83. The Hall–Kier alpha value is -2.49. The van der Waals surface area contributed by atoms with Gasteiger partial charge in [0.2, 0.25) is 0 Å². The van der Waals surface area contributed by atoms with Crippen LogP contribution in [0.2, 0.25) is 0 Å². The van der Waals surface area contributed by atoms with Crippen molar-refractivity contribution < 1.29 is 4.79 Å². The van der Waals surface area contributed by atoms with Crippen molar-refractivity contribution in [2.45, 2.75) is 34.6 Å². The van der Waals surface area contributed by atoms with Gasteiger partial charge in [-0.15, -0.1) is 0 Å². The van der Waals surface area contributed by atoms with Gasteiger partial charge < -0.3 is 15.5 Å². The molecule has 0 bridgehead atoms. The number of nitrogens with zero attached hydrogens (tertiary/aromatic N) is 1. The maximum Gasteiger partial charge on any atom is 0.323 e. The fourth-order valence-electron chi connectivity index (χ4n) is 2.91. The van der Waals surface area contributed by atoms with Crippen LogP contribution in [0.1, 0.15) is 30.5 Å². The van der Waals surface area contributed by atoms with Crippen LogP contribution in [0.4, 0.5) is 21.9 Å². The first-order valence-corrected chi connectivity index (χ1v) is 8.44. The predicted octanol–water partition coefficient (Wildman–Crippen LogP) is 5.10. The van der Waals surface area contributed by atoms with Crippen LogP contribution in [-0.4, -0.2) is 19.1 Å². The molecule has 2 aromatic rings. The Kier molecular flexibility index (Phi) is 5.85. The highest BCUT2D eigenvalue weighted by molar-refractivity contribution is 6.00. The lowest BCUT2D eigenvalue weighted by atomic mass is 10.1. The molecule has 4 heteroatoms. The fraction of sp³-hybridized carbons (Fsp3) is 0.350. The maximum absolute atomic E-state index is 12.3. The average molecular weight is 325 g/mol. The van der Waals surface area contributed by atoms with E-state index >= 15 is 0 Å². The summed E-state index contributed by atoms with van der Waals surface area (Å²) in [6, 6.07) is 11.9. The average Bonchev–Trinajstić information content (AvgIpc) is 2.50. The first kappa shape index (κ1) is 17.9. The van der Waals surface area contributed by atoms with E-state index in [-0.39, 0.29) is 6.03 Å². The molecule has 128 valence electrons. The summed E-state index contributed by atoms with van der Waals surface area (Å²) in [6.45, 7) is 12.3. The first-order valence-electron chi connectivity index (χ1n) is 8.44. The predicted molar refractivity (Wildman–Crippen MR) is 103 cm³/mol. The lowest BCUT2D eigenvalue weighted by Gasteiger charge is -2.22. The van der Waals surface area contributed by atoms with Crippen LogP contribution in [0, 0.1) is 20.8 Å². The molecule has 0 unspecified atom stereocenters. The molecule has 24 heavy (non-hydrogen) atoms. The van der Waals surface area contributed by atoms with Crippen LogP contribution < -0.4 is 15.5 Å². The Morgan fingerprint density at radius 3 is 2.08 bits per heavy atom. The number of carbonyl (C=O) groups excluding carboxylic acids is 1. The third kappa shape index (κ3) is 4.51. The lowest BCUT2D eigenvalue weighted by Crippen LogP contribution is -2.22. The molecule has 0 radical (unpaired) electrons. The summed E-state index contributed by atoms with van der Waals surface area (Å²) >= 11 is 0. The van der Waals surface area contributed by atoms with Crippen molar-refractivity contribution >= 4 is 23.1 Å². The van der Waals surface area contributed by atoms with Crippen molar-refractivity contribution in [1.82, 2.24) is 0 Å². The fourth-order valence-corrected chi connectivity index (χ4v) is 2.91. The van der Waals surface area contributed by atoms with Gasteiger partial charge in [-0.05, 0) is 81.6 Å². The number of nitrogens with one attached hydrogen (secondary N) is 2. The number of benzene rings is 2. The van der Waals surface area contributed by atoms with E-state index in [0.717, 1.165) is 41.2 Å². The number of amides is 2. The molecule has 0 aliphatic rings. The van der Waals surface area contributed by atoms with E-state index in [1.165, 1.54) is 5.69 Å². The van der Waals surface area contributed by atoms with Gasteiger partial charge in [0.25, 0.3) is 0 Å². The summed E-state index contributed by atoms with van der Waals surface area (Å²) in [6.07, 6.45) is 0. The van der Waals surface area contributed by atoms with Crippen molar-refractivity contribution in [3.05, 3.63) is 53.1 Å². The van der Waals surface area contributed by atoms with Crippen LogP contribution in [0.3, 0.4) is 0 Å². The third-order valence-electron chi connectivity index (χ3n) is 4.07. The number of carbonyl (C=O) groups is 1. The largest absolute Gasteiger partial charge is 0.372 e. The smallest absolute Gasteiger partial charge is 0.323 e. The summed E-state index contributed by atoms with van der Waals surface area (Å²) in [5.74, 6) is 0. The minimum atomic E-state index is -0.223. The summed E-state index contributed by atoms with van der Waals surface area (Å²) in [4.78, 5) is 14.5. The van der Waals surface area contributed by atoms with E-state index in [1.54, 1.807) is 0 Å². The zero-order chi connectivity index (χ0) is 17.7. The Bertz CT molecular complexity index is 701. The molecular weight excluding hydrogens is 298 g/mol. The number of rotatable bonds is 5. The minimum absolute atomic E-state index is 0.223. The van der Waals surface area contributed by atoms with Gasteiger partial charge >= 0.3 is 6.03 Å². The topological polar surface area (TPSA) is 44.4 Å². The van der Waals surface area contributed by atoms with Crippen LogP contribution in [0.5, 0.6) is 0 Å². The molecule has 0 aromatic heterocycles. The van der Waals surface area contributed by atoms with Gasteiger partial charge in [0, 0.05) is 30.2 Å². The first-order chi connectivity index (χ1) is 11.4. The quantitative estimate of drug-likeness (QED) is 0.803. The summed E-state index contributed by atoms with van der Waals surface area (Å²) < 4.78 is 0. The number of hydrogen-bond donors (Lipinski definition) is 2. The molecule has 2 aromatic carbocycles. The summed E-state index contributed by atoms with van der Waals surface area (Å²) in [5.41, 5.74) is 6.12. The van der Waals surface area contributed by atoms with Crippen LogP contribution in [0.15, 0.2) is 36.4 Å². The van der Waals surface area contributed by atoms with Crippen molar-refractivity contribution in [3.8, 4) is 0 Å². The molecule has 2 N–H and O–H groups in total. The van der Waals surface area contributed by atoms with Crippen molar-refractivity contribution in [2.75, 3.05) is 28.6 Å². The normalized spacial score (nSPS) is 10.4. The zero-order valence-electron chi connectivity index (χ0n) is 15.2. The molecule has 0 aliphatic heterocycles. The number of urea groups is 1.